The van der Waals surface area contributed by atoms with E-state index in [9.17, 15) is 4.79 Å². The smallest absolute Gasteiger partial charge is 0.310 e. The molecule has 2 aromatic heterocycles. The molecule has 7 nitrogen and oxygen atoms in total. The first-order valence-electron chi connectivity index (χ1n) is 11.4. The first-order chi connectivity index (χ1) is 15.7. The minimum absolute atomic E-state index is 0.208. The Balaban J connectivity index is 1.40. The zero-order valence-corrected chi connectivity index (χ0v) is 19.2. The molecule has 168 valence electrons. The van der Waals surface area contributed by atoms with Gasteiger partial charge in [-0.05, 0) is 50.3 Å². The van der Waals surface area contributed by atoms with Gasteiger partial charge in [0.25, 0.3) is 0 Å². The fraction of sp³-hybridized carbons (Fsp3) is 0.500. The van der Waals surface area contributed by atoms with Crippen LogP contribution in [0.3, 0.4) is 0 Å². The lowest BCUT2D eigenvalue weighted by atomic mass is 9.92. The van der Waals surface area contributed by atoms with Gasteiger partial charge in [0.1, 0.15) is 11.2 Å². The van der Waals surface area contributed by atoms with E-state index >= 15 is 0 Å². The summed E-state index contributed by atoms with van der Waals surface area (Å²) >= 11 is 1.64. The van der Waals surface area contributed by atoms with Gasteiger partial charge in [0.05, 0.1) is 31.6 Å². The molecule has 0 spiro atoms. The van der Waals surface area contributed by atoms with Crippen molar-refractivity contribution in [1.29, 1.82) is 0 Å². The minimum Gasteiger partial charge on any atom is -0.466 e. The molecule has 1 aliphatic carbocycles. The molecular formula is C24H28N4O3S. The third-order valence-corrected chi connectivity index (χ3v) is 7.40. The average molecular weight is 453 g/mol. The van der Waals surface area contributed by atoms with E-state index in [4.69, 9.17) is 14.5 Å². The molecule has 3 aromatic rings. The predicted molar refractivity (Wildman–Crippen MR) is 127 cm³/mol. The van der Waals surface area contributed by atoms with Crippen LogP contribution in [0.4, 0.5) is 5.82 Å². The molecule has 0 atom stereocenters. The highest BCUT2D eigenvalue weighted by Crippen LogP contribution is 2.38. The number of aliphatic imine (C=N–C) groups is 1. The lowest BCUT2D eigenvalue weighted by molar-refractivity contribution is -0.142. The van der Waals surface area contributed by atoms with Gasteiger partial charge in [0.2, 0.25) is 0 Å². The molecule has 3 heterocycles. The molecule has 8 heteroatoms. The quantitative estimate of drug-likeness (QED) is 0.537. The molecule has 2 fully saturated rings. The number of hydrogen-bond donors (Lipinski definition) is 0. The van der Waals surface area contributed by atoms with Gasteiger partial charge in [-0.25, -0.2) is 15.0 Å². The van der Waals surface area contributed by atoms with Gasteiger partial charge in [0.15, 0.2) is 5.82 Å². The Kier molecular flexibility index (Phi) is 6.43. The average Bonchev–Trinajstić information content (AvgIpc) is 3.19. The summed E-state index contributed by atoms with van der Waals surface area (Å²) < 4.78 is 11.7. The predicted octanol–water partition coefficient (Wildman–Crippen LogP) is 4.30. The van der Waals surface area contributed by atoms with Gasteiger partial charge in [-0.2, -0.15) is 0 Å². The van der Waals surface area contributed by atoms with Gasteiger partial charge < -0.3 is 9.47 Å². The van der Waals surface area contributed by atoms with Gasteiger partial charge in [-0.1, -0.05) is 6.07 Å². The molecule has 0 unspecified atom stereocenters. The number of esters is 1. The van der Waals surface area contributed by atoms with Crippen molar-refractivity contribution in [1.82, 2.24) is 14.9 Å². The van der Waals surface area contributed by atoms with Crippen molar-refractivity contribution in [2.75, 3.05) is 32.9 Å². The van der Waals surface area contributed by atoms with Crippen molar-refractivity contribution in [3.63, 3.8) is 0 Å². The highest BCUT2D eigenvalue weighted by atomic mass is 32.1. The Morgan fingerprint density at radius 3 is 2.84 bits per heavy atom. The van der Waals surface area contributed by atoms with Crippen LogP contribution in [0.5, 0.6) is 0 Å². The van der Waals surface area contributed by atoms with Crippen LogP contribution in [0.1, 0.15) is 38.2 Å². The van der Waals surface area contributed by atoms with E-state index in [0.29, 0.717) is 12.6 Å². The van der Waals surface area contributed by atoms with Gasteiger partial charge in [0, 0.05) is 34.9 Å². The number of fused-ring (bicyclic) bond motifs is 3. The number of hydrogen-bond acceptors (Lipinski definition) is 8. The molecule has 1 aromatic carbocycles. The monoisotopic (exact) mass is 452 g/mol. The number of carbonyl (C=O) groups excluding carboxylic acids is 1. The molecule has 0 amide bonds. The number of carbonyl (C=O) groups is 1. The topological polar surface area (TPSA) is 76.9 Å². The summed E-state index contributed by atoms with van der Waals surface area (Å²) in [4.78, 5) is 29.5. The summed E-state index contributed by atoms with van der Waals surface area (Å²) in [6.07, 6.45) is 6.16. The largest absolute Gasteiger partial charge is 0.466 e. The molecule has 0 bridgehead atoms. The van der Waals surface area contributed by atoms with E-state index in [1.807, 2.05) is 13.0 Å². The lowest BCUT2D eigenvalue weighted by Crippen LogP contribution is -2.45. The molecule has 5 rings (SSSR count). The van der Waals surface area contributed by atoms with Crippen LogP contribution in [-0.4, -0.2) is 65.5 Å². The number of rotatable bonds is 5. The summed E-state index contributed by atoms with van der Waals surface area (Å²) in [7, 11) is 0. The summed E-state index contributed by atoms with van der Waals surface area (Å²) in [6.45, 7) is 5.99. The van der Waals surface area contributed by atoms with E-state index in [1.54, 1.807) is 17.7 Å². The third-order valence-electron chi connectivity index (χ3n) is 6.32. The Labute approximate surface area is 191 Å². The summed E-state index contributed by atoms with van der Waals surface area (Å²) in [5, 5.41) is 2.05. The van der Waals surface area contributed by atoms with E-state index in [2.05, 4.69) is 27.0 Å². The molecule has 2 aliphatic rings. The number of morpholine rings is 1. The number of nitrogens with zero attached hydrogens (tertiary/aromatic N) is 4. The maximum Gasteiger partial charge on any atom is 0.310 e. The molecule has 0 N–H and O–H groups in total. The molecule has 0 radical (unpaired) electrons. The fourth-order valence-corrected chi connectivity index (χ4v) is 5.74. The molecule has 1 saturated carbocycles. The van der Waals surface area contributed by atoms with Crippen molar-refractivity contribution >= 4 is 49.1 Å². The zero-order chi connectivity index (χ0) is 21.9. The highest BCUT2D eigenvalue weighted by molar-refractivity contribution is 7.25. The zero-order valence-electron chi connectivity index (χ0n) is 18.4. The van der Waals surface area contributed by atoms with Crippen molar-refractivity contribution in [3.05, 3.63) is 30.1 Å². The van der Waals surface area contributed by atoms with Crippen LogP contribution in [0, 0.1) is 0 Å². The second kappa shape index (κ2) is 9.60. The van der Waals surface area contributed by atoms with Crippen molar-refractivity contribution in [3.8, 4) is 0 Å². The Morgan fingerprint density at radius 2 is 2.06 bits per heavy atom. The number of benzene rings is 1. The Bertz CT molecular complexity index is 1140. The maximum absolute atomic E-state index is 11.9. The van der Waals surface area contributed by atoms with Crippen LogP contribution in [0.25, 0.3) is 20.3 Å². The van der Waals surface area contributed by atoms with E-state index < -0.39 is 0 Å². The first kappa shape index (κ1) is 21.4. The summed E-state index contributed by atoms with van der Waals surface area (Å²) in [5.41, 5.74) is 2.15. The summed E-state index contributed by atoms with van der Waals surface area (Å²) in [6, 6.07) is 6.74. The van der Waals surface area contributed by atoms with E-state index in [0.717, 1.165) is 83.7 Å². The fourth-order valence-electron chi connectivity index (χ4n) is 4.72. The van der Waals surface area contributed by atoms with Gasteiger partial charge in [-0.15, -0.1) is 11.3 Å². The van der Waals surface area contributed by atoms with Crippen molar-refractivity contribution in [2.24, 2.45) is 4.99 Å². The lowest BCUT2D eigenvalue weighted by Gasteiger charge is -2.36. The third kappa shape index (κ3) is 4.53. The van der Waals surface area contributed by atoms with Crippen molar-refractivity contribution < 1.29 is 14.3 Å². The number of thiophene rings is 1. The van der Waals surface area contributed by atoms with Crippen LogP contribution in [0.2, 0.25) is 0 Å². The normalized spacial score (nSPS) is 20.0. The molecule has 32 heavy (non-hydrogen) atoms. The number of ether oxygens (including phenoxy) is 2. The van der Waals surface area contributed by atoms with Crippen LogP contribution < -0.4 is 0 Å². The number of aromatic nitrogens is 2. The minimum atomic E-state index is -0.208. The Hall–Kier alpha value is -2.42. The second-order valence-electron chi connectivity index (χ2n) is 8.35. The van der Waals surface area contributed by atoms with Crippen LogP contribution in [0.15, 0.2) is 29.5 Å². The van der Waals surface area contributed by atoms with E-state index in [-0.39, 0.29) is 12.4 Å². The maximum atomic E-state index is 11.9. The molecular weight excluding hydrogens is 424 g/mol. The van der Waals surface area contributed by atoms with Crippen LogP contribution >= 0.6 is 11.3 Å². The standard InChI is InChI=1S/C24H28N4O3S/c1-2-31-21(29)14-16-3-8-20-19(13-16)22-23(25-15-26-24(22)32-20)27-17-4-6-18(7-5-17)28-9-11-30-12-10-28/h3,8,13,15,18H,2,4-7,9-12,14H2,1H3. The molecule has 1 aliphatic heterocycles. The summed E-state index contributed by atoms with van der Waals surface area (Å²) in [5.74, 6) is 0.537. The Morgan fingerprint density at radius 1 is 1.25 bits per heavy atom. The van der Waals surface area contributed by atoms with E-state index in [1.165, 1.54) is 5.71 Å². The van der Waals surface area contributed by atoms with Gasteiger partial charge in [-0.3, -0.25) is 9.69 Å². The van der Waals surface area contributed by atoms with Crippen molar-refractivity contribution in [2.45, 2.75) is 45.1 Å². The molecule has 1 saturated heterocycles. The SMILES string of the molecule is CCOC(=O)Cc1ccc2sc3ncnc(N=C4CCC(N5CCOCC5)CC4)c3c2c1. The van der Waals surface area contributed by atoms with Gasteiger partial charge >= 0.3 is 5.97 Å². The van der Waals surface area contributed by atoms with Crippen LogP contribution in [-0.2, 0) is 20.7 Å². The highest BCUT2D eigenvalue weighted by Gasteiger charge is 2.25. The second-order valence-corrected chi connectivity index (χ2v) is 9.38. The first-order valence-corrected chi connectivity index (χ1v) is 12.2.